The van der Waals surface area contributed by atoms with Gasteiger partial charge in [-0.1, -0.05) is 49.4 Å². The van der Waals surface area contributed by atoms with E-state index < -0.39 is 0 Å². The Morgan fingerprint density at radius 3 is 2.35 bits per heavy atom. The molecule has 0 spiro atoms. The fourth-order valence-corrected chi connectivity index (χ4v) is 4.14. The van der Waals surface area contributed by atoms with Crippen molar-refractivity contribution in [1.29, 1.82) is 0 Å². The number of anilines is 1. The third-order valence-electron chi connectivity index (χ3n) is 4.83. The van der Waals surface area contributed by atoms with Gasteiger partial charge in [0.25, 0.3) is 5.56 Å². The number of carbonyl (C=O) groups is 3. The highest BCUT2D eigenvalue weighted by Crippen LogP contribution is 2.29. The zero-order valence-electron chi connectivity index (χ0n) is 16.7. The van der Waals surface area contributed by atoms with Crippen LogP contribution >= 0.6 is 11.8 Å². The number of ketones is 2. The van der Waals surface area contributed by atoms with E-state index in [0.29, 0.717) is 39.6 Å². The van der Waals surface area contributed by atoms with Crippen molar-refractivity contribution in [2.24, 2.45) is 0 Å². The minimum Gasteiger partial charge on any atom is -0.325 e. The van der Waals surface area contributed by atoms with Crippen LogP contribution in [0, 0.1) is 0 Å². The van der Waals surface area contributed by atoms with E-state index in [1.807, 2.05) is 6.92 Å². The van der Waals surface area contributed by atoms with Gasteiger partial charge in [0.05, 0.1) is 5.75 Å². The van der Waals surface area contributed by atoms with Gasteiger partial charge in [0.1, 0.15) is 0 Å². The number of nitrogens with one attached hydrogen (secondary N) is 2. The molecular weight excluding hydrogens is 414 g/mol. The van der Waals surface area contributed by atoms with E-state index in [9.17, 15) is 19.2 Å². The number of aryl methyl sites for hydroxylation is 1. The van der Waals surface area contributed by atoms with Gasteiger partial charge < -0.3 is 10.3 Å². The monoisotopic (exact) mass is 433 g/mol. The number of hydrogen-bond donors (Lipinski definition) is 2. The van der Waals surface area contributed by atoms with Crippen LogP contribution in [-0.2, 0) is 11.2 Å². The molecule has 0 bridgehead atoms. The van der Waals surface area contributed by atoms with Crippen LogP contribution < -0.4 is 10.9 Å². The molecule has 0 unspecified atom stereocenters. The Balaban J connectivity index is 1.47. The van der Waals surface area contributed by atoms with E-state index in [4.69, 9.17) is 0 Å². The van der Waals surface area contributed by atoms with Crippen molar-refractivity contribution in [2.75, 3.05) is 11.1 Å². The van der Waals surface area contributed by atoms with Crippen molar-refractivity contribution >= 4 is 34.9 Å². The fraction of sp³-hybridized carbons (Fsp3) is 0.174. The molecular formula is C23H19N3O4S. The first kappa shape index (κ1) is 20.7. The molecule has 1 heterocycles. The fourth-order valence-electron chi connectivity index (χ4n) is 3.44. The summed E-state index contributed by atoms with van der Waals surface area (Å²) in [5, 5.41) is 3.12. The first-order chi connectivity index (χ1) is 15.0. The summed E-state index contributed by atoms with van der Waals surface area (Å²) in [6.07, 6.45) is 1.56. The van der Waals surface area contributed by atoms with E-state index in [2.05, 4.69) is 15.3 Å². The van der Waals surface area contributed by atoms with Gasteiger partial charge in [-0.05, 0) is 24.6 Å². The maximum Gasteiger partial charge on any atom is 0.251 e. The number of hydrogen-bond acceptors (Lipinski definition) is 6. The van der Waals surface area contributed by atoms with Crippen LogP contribution in [0.3, 0.4) is 0 Å². The van der Waals surface area contributed by atoms with Crippen molar-refractivity contribution in [2.45, 2.75) is 24.9 Å². The van der Waals surface area contributed by atoms with Gasteiger partial charge in [-0.25, -0.2) is 4.98 Å². The van der Waals surface area contributed by atoms with Gasteiger partial charge in [0.15, 0.2) is 16.7 Å². The highest BCUT2D eigenvalue weighted by molar-refractivity contribution is 7.99. The summed E-state index contributed by atoms with van der Waals surface area (Å²) in [4.78, 5) is 56.6. The number of aromatic nitrogens is 2. The van der Waals surface area contributed by atoms with Crippen molar-refractivity contribution < 1.29 is 14.4 Å². The molecule has 0 fully saturated rings. The summed E-state index contributed by atoms with van der Waals surface area (Å²) in [6, 6.07) is 12.8. The minimum atomic E-state index is -0.316. The second-order valence-electron chi connectivity index (χ2n) is 7.09. The zero-order chi connectivity index (χ0) is 22.0. The molecule has 0 saturated heterocycles. The number of nitrogens with zero attached hydrogens (tertiary/aromatic N) is 1. The van der Waals surface area contributed by atoms with Crippen molar-refractivity contribution in [3.8, 4) is 0 Å². The molecule has 0 saturated carbocycles. The standard InChI is InChI=1S/C23H19N3O4S/c1-2-5-13-11-19(27)26-23(25-13)31-12-20(28)24-14-8-9-17-18(10-14)22(30)16-7-4-3-6-15(16)21(17)29/h3-4,6-11H,2,5,12H2,1H3,(H,24,28)(H,25,26,27). The number of benzene rings is 2. The quantitative estimate of drug-likeness (QED) is 0.357. The molecule has 0 aliphatic heterocycles. The second kappa shape index (κ2) is 8.69. The summed E-state index contributed by atoms with van der Waals surface area (Å²) in [5.74, 6) is -0.736. The molecule has 1 aliphatic rings. The van der Waals surface area contributed by atoms with Crippen LogP contribution in [0.5, 0.6) is 0 Å². The van der Waals surface area contributed by atoms with Gasteiger partial charge in [-0.2, -0.15) is 0 Å². The topological polar surface area (TPSA) is 109 Å². The van der Waals surface area contributed by atoms with Crippen molar-refractivity contribution in [1.82, 2.24) is 9.97 Å². The summed E-state index contributed by atoms with van der Waals surface area (Å²) in [6.45, 7) is 2.00. The number of H-pyrrole nitrogens is 1. The number of carbonyl (C=O) groups excluding carboxylic acids is 3. The molecule has 1 amide bonds. The van der Waals surface area contributed by atoms with E-state index in [0.717, 1.165) is 18.2 Å². The Kier molecular flexibility index (Phi) is 5.81. The molecule has 8 heteroatoms. The lowest BCUT2D eigenvalue weighted by Crippen LogP contribution is -2.21. The third-order valence-corrected chi connectivity index (χ3v) is 5.70. The normalized spacial score (nSPS) is 12.3. The molecule has 4 rings (SSSR count). The molecule has 1 aromatic heterocycles. The van der Waals surface area contributed by atoms with Gasteiger partial charge in [-0.3, -0.25) is 19.2 Å². The number of rotatable bonds is 6. The maximum atomic E-state index is 12.8. The molecule has 3 aromatic rings. The molecule has 7 nitrogen and oxygen atoms in total. The number of fused-ring (bicyclic) bond motifs is 2. The molecule has 0 atom stereocenters. The van der Waals surface area contributed by atoms with Crippen molar-refractivity contribution in [3.63, 3.8) is 0 Å². The van der Waals surface area contributed by atoms with Crippen LogP contribution in [0.1, 0.15) is 50.9 Å². The van der Waals surface area contributed by atoms with E-state index in [1.165, 1.54) is 12.1 Å². The van der Waals surface area contributed by atoms with Crippen LogP contribution in [0.25, 0.3) is 0 Å². The maximum absolute atomic E-state index is 12.8. The van der Waals surface area contributed by atoms with Gasteiger partial charge in [0.2, 0.25) is 5.91 Å². The van der Waals surface area contributed by atoms with Crippen LogP contribution in [-0.4, -0.2) is 33.2 Å². The lowest BCUT2D eigenvalue weighted by molar-refractivity contribution is -0.113. The lowest BCUT2D eigenvalue weighted by Gasteiger charge is -2.18. The first-order valence-electron chi connectivity index (χ1n) is 9.81. The summed E-state index contributed by atoms with van der Waals surface area (Å²) >= 11 is 1.12. The largest absolute Gasteiger partial charge is 0.325 e. The smallest absolute Gasteiger partial charge is 0.251 e. The number of thioether (sulfide) groups is 1. The Labute approximate surface area is 182 Å². The number of amides is 1. The highest BCUT2D eigenvalue weighted by Gasteiger charge is 2.29. The average Bonchev–Trinajstić information content (AvgIpc) is 2.76. The molecule has 156 valence electrons. The first-order valence-corrected chi connectivity index (χ1v) is 10.8. The second-order valence-corrected chi connectivity index (χ2v) is 8.06. The van der Waals surface area contributed by atoms with Crippen molar-refractivity contribution in [3.05, 3.63) is 86.8 Å². The van der Waals surface area contributed by atoms with E-state index in [1.54, 1.807) is 36.4 Å². The van der Waals surface area contributed by atoms with Crippen LogP contribution in [0.2, 0.25) is 0 Å². The zero-order valence-corrected chi connectivity index (χ0v) is 17.5. The summed E-state index contributed by atoms with van der Waals surface area (Å²) in [5.41, 5.74) is 2.21. The molecule has 2 N–H and O–H groups in total. The third kappa shape index (κ3) is 4.34. The molecule has 31 heavy (non-hydrogen) atoms. The van der Waals surface area contributed by atoms with Gasteiger partial charge in [-0.15, -0.1) is 0 Å². The highest BCUT2D eigenvalue weighted by atomic mass is 32.2. The van der Waals surface area contributed by atoms with Crippen LogP contribution in [0.15, 0.2) is 58.5 Å². The van der Waals surface area contributed by atoms with Gasteiger partial charge >= 0.3 is 0 Å². The Hall–Kier alpha value is -3.52. The van der Waals surface area contributed by atoms with Crippen LogP contribution in [0.4, 0.5) is 5.69 Å². The molecule has 2 aromatic carbocycles. The molecule has 0 radical (unpaired) electrons. The predicted molar refractivity (Wildman–Crippen MR) is 118 cm³/mol. The predicted octanol–water partition coefficient (Wildman–Crippen LogP) is 3.23. The van der Waals surface area contributed by atoms with E-state index >= 15 is 0 Å². The Morgan fingerprint density at radius 2 is 1.65 bits per heavy atom. The summed E-state index contributed by atoms with van der Waals surface area (Å²) in [7, 11) is 0. The summed E-state index contributed by atoms with van der Waals surface area (Å²) < 4.78 is 0. The van der Waals surface area contributed by atoms with Gasteiger partial charge in [0, 0.05) is 39.7 Å². The average molecular weight is 433 g/mol. The Morgan fingerprint density at radius 1 is 0.968 bits per heavy atom. The van der Waals surface area contributed by atoms with E-state index in [-0.39, 0.29) is 34.3 Å². The minimum absolute atomic E-state index is 0.0330. The number of aromatic amines is 1. The molecule has 1 aliphatic carbocycles. The Bertz CT molecular complexity index is 1270. The SMILES string of the molecule is CCCc1cc(=O)[nH]c(SCC(=O)Nc2ccc3c(c2)C(=O)c2ccccc2C3=O)n1. The lowest BCUT2D eigenvalue weighted by atomic mass is 9.84.